The maximum absolute atomic E-state index is 11.1. The molecule has 0 fully saturated rings. The van der Waals surface area contributed by atoms with Crippen LogP contribution in [0.2, 0.25) is 0 Å². The van der Waals surface area contributed by atoms with Crippen molar-refractivity contribution < 1.29 is 9.53 Å². The van der Waals surface area contributed by atoms with Crippen molar-refractivity contribution in [1.82, 2.24) is 0 Å². The van der Waals surface area contributed by atoms with Crippen LogP contribution in [0.5, 0.6) is 0 Å². The van der Waals surface area contributed by atoms with E-state index in [1.54, 1.807) is 49.4 Å². The van der Waals surface area contributed by atoms with E-state index in [1.165, 1.54) is 0 Å². The third-order valence-electron chi connectivity index (χ3n) is 1.87. The molecule has 4 N–H and O–H groups in total. The molecule has 4 heteroatoms. The van der Waals surface area contributed by atoms with Crippen molar-refractivity contribution in [3.05, 3.63) is 66.9 Å². The van der Waals surface area contributed by atoms with Gasteiger partial charge in [-0.3, -0.25) is 0 Å². The molecule has 0 spiro atoms. The topological polar surface area (TPSA) is 78.3 Å². The molecule has 0 saturated carbocycles. The molecule has 0 bridgehead atoms. The number of esters is 1. The predicted octanol–water partition coefficient (Wildman–Crippen LogP) is 2.65. The van der Waals surface area contributed by atoms with E-state index < -0.39 is 0 Å². The average molecular weight is 260 g/mol. The Bertz CT molecular complexity index is 448. The number of hydrogen-bond donors (Lipinski definition) is 2. The second-order valence-electron chi connectivity index (χ2n) is 3.51. The molecule has 0 heterocycles. The van der Waals surface area contributed by atoms with Crippen LogP contribution < -0.4 is 11.5 Å². The van der Waals surface area contributed by atoms with Crippen molar-refractivity contribution in [2.24, 2.45) is 5.73 Å². The van der Waals surface area contributed by atoms with Crippen molar-refractivity contribution in [2.75, 3.05) is 12.3 Å². The summed E-state index contributed by atoms with van der Waals surface area (Å²) in [5.41, 5.74) is 12.3. The Morgan fingerprint density at radius 3 is 2.32 bits per heavy atom. The maximum atomic E-state index is 11.1. The van der Waals surface area contributed by atoms with Crippen LogP contribution in [0.1, 0.15) is 17.3 Å². The van der Waals surface area contributed by atoms with Gasteiger partial charge in [0.25, 0.3) is 0 Å². The number of hydrogen-bond acceptors (Lipinski definition) is 4. The quantitative estimate of drug-likeness (QED) is 0.495. The zero-order valence-corrected chi connectivity index (χ0v) is 11.1. The predicted molar refractivity (Wildman–Crippen MR) is 79.5 cm³/mol. The lowest BCUT2D eigenvalue weighted by atomic mass is 10.2. The van der Waals surface area contributed by atoms with Gasteiger partial charge in [-0.05, 0) is 37.3 Å². The molecule has 0 aliphatic rings. The van der Waals surface area contributed by atoms with E-state index in [2.05, 4.69) is 13.2 Å². The summed E-state index contributed by atoms with van der Waals surface area (Å²) in [6.07, 6.45) is 5.08. The molecule has 1 aromatic carbocycles. The lowest BCUT2D eigenvalue weighted by Gasteiger charge is -2.00. The van der Waals surface area contributed by atoms with Crippen LogP contribution in [-0.4, -0.2) is 12.6 Å². The Labute approximate surface area is 114 Å². The Hall–Kier alpha value is -2.49. The van der Waals surface area contributed by atoms with E-state index in [0.29, 0.717) is 23.6 Å². The van der Waals surface area contributed by atoms with E-state index >= 15 is 0 Å². The highest BCUT2D eigenvalue weighted by atomic mass is 16.5. The highest BCUT2D eigenvalue weighted by Crippen LogP contribution is 2.06. The average Bonchev–Trinajstić information content (AvgIpc) is 2.38. The summed E-state index contributed by atoms with van der Waals surface area (Å²) in [6.45, 7) is 9.05. The third-order valence-corrected chi connectivity index (χ3v) is 1.87. The molecule has 102 valence electrons. The minimum absolute atomic E-state index is 0.308. The summed E-state index contributed by atoms with van der Waals surface area (Å²) >= 11 is 0. The van der Waals surface area contributed by atoms with Gasteiger partial charge in [0.15, 0.2) is 0 Å². The van der Waals surface area contributed by atoms with Gasteiger partial charge in [0.2, 0.25) is 0 Å². The molecule has 19 heavy (non-hydrogen) atoms. The molecular weight excluding hydrogens is 240 g/mol. The van der Waals surface area contributed by atoms with Crippen molar-refractivity contribution in [3.63, 3.8) is 0 Å². The van der Waals surface area contributed by atoms with E-state index in [9.17, 15) is 4.79 Å². The Balaban J connectivity index is 0.000000399. The molecular formula is C15H20N2O2. The molecule has 1 rings (SSSR count). The number of ether oxygens (including phenoxy) is 1. The number of carbonyl (C=O) groups excluding carboxylic acids is 1. The number of allylic oxidation sites excluding steroid dienone is 3. The lowest BCUT2D eigenvalue weighted by Crippen LogP contribution is -2.04. The first-order chi connectivity index (χ1) is 9.01. The van der Waals surface area contributed by atoms with Crippen LogP contribution in [0.15, 0.2) is 61.3 Å². The Morgan fingerprint density at radius 2 is 1.95 bits per heavy atom. The number of rotatable bonds is 4. The smallest absolute Gasteiger partial charge is 0.338 e. The lowest BCUT2D eigenvalue weighted by molar-refractivity contribution is 0.0526. The van der Waals surface area contributed by atoms with E-state index in [1.807, 2.05) is 0 Å². The second-order valence-corrected chi connectivity index (χ2v) is 3.51. The van der Waals surface area contributed by atoms with Gasteiger partial charge in [0.05, 0.1) is 12.2 Å². The van der Waals surface area contributed by atoms with Gasteiger partial charge < -0.3 is 16.2 Å². The van der Waals surface area contributed by atoms with Crippen LogP contribution in [0.25, 0.3) is 0 Å². The normalized spacial score (nSPS) is 9.32. The molecule has 0 aliphatic heterocycles. The van der Waals surface area contributed by atoms with Crippen molar-refractivity contribution >= 4 is 11.7 Å². The van der Waals surface area contributed by atoms with Crippen LogP contribution in [0.4, 0.5) is 5.69 Å². The van der Waals surface area contributed by atoms with Gasteiger partial charge in [0.1, 0.15) is 0 Å². The van der Waals surface area contributed by atoms with Gasteiger partial charge >= 0.3 is 5.97 Å². The summed E-state index contributed by atoms with van der Waals surface area (Å²) in [5.74, 6) is -0.308. The third kappa shape index (κ3) is 8.26. The molecule has 0 radical (unpaired) electrons. The minimum atomic E-state index is -0.308. The summed E-state index contributed by atoms with van der Waals surface area (Å²) in [6, 6.07) is 6.64. The molecule has 0 saturated heterocycles. The van der Waals surface area contributed by atoms with Gasteiger partial charge in [-0.2, -0.15) is 0 Å². The molecule has 0 aliphatic carbocycles. The maximum Gasteiger partial charge on any atom is 0.338 e. The van der Waals surface area contributed by atoms with Gasteiger partial charge in [-0.1, -0.05) is 25.3 Å². The molecule has 0 aromatic heterocycles. The molecule has 4 nitrogen and oxygen atoms in total. The monoisotopic (exact) mass is 260 g/mol. The number of nitrogen functional groups attached to an aromatic ring is 1. The number of anilines is 1. The fourth-order valence-electron chi connectivity index (χ4n) is 1.03. The van der Waals surface area contributed by atoms with Crippen LogP contribution in [0, 0.1) is 0 Å². The highest BCUT2D eigenvalue weighted by Gasteiger charge is 2.03. The van der Waals surface area contributed by atoms with Crippen molar-refractivity contribution in [1.29, 1.82) is 0 Å². The summed E-state index contributed by atoms with van der Waals surface area (Å²) in [4.78, 5) is 11.1. The van der Waals surface area contributed by atoms with E-state index in [4.69, 9.17) is 16.2 Å². The van der Waals surface area contributed by atoms with Crippen molar-refractivity contribution in [3.8, 4) is 0 Å². The number of nitrogens with two attached hydrogens (primary N) is 2. The molecule has 1 aromatic rings. The van der Waals surface area contributed by atoms with Gasteiger partial charge in [-0.15, -0.1) is 0 Å². The van der Waals surface area contributed by atoms with E-state index in [0.717, 1.165) is 0 Å². The molecule has 0 amide bonds. The minimum Gasteiger partial charge on any atom is -0.462 e. The molecule has 0 atom stereocenters. The standard InChI is InChI=1S/C9H11NO2.C6H9N/c1-2-12-9(11)7-3-5-8(10)6-4-7;1-3-4-5-6(2)7/h3-6H,2,10H2,1H3;3-5H,1-2,7H2/b;5-4-. The summed E-state index contributed by atoms with van der Waals surface area (Å²) < 4.78 is 4.79. The first-order valence-corrected chi connectivity index (χ1v) is 5.77. The van der Waals surface area contributed by atoms with Crippen LogP contribution >= 0.6 is 0 Å². The highest BCUT2D eigenvalue weighted by molar-refractivity contribution is 5.89. The van der Waals surface area contributed by atoms with Gasteiger partial charge in [0, 0.05) is 11.4 Å². The largest absolute Gasteiger partial charge is 0.462 e. The Morgan fingerprint density at radius 1 is 1.37 bits per heavy atom. The Kier molecular flexibility index (Phi) is 8.28. The number of carbonyl (C=O) groups is 1. The van der Waals surface area contributed by atoms with Crippen LogP contribution in [0.3, 0.4) is 0 Å². The van der Waals surface area contributed by atoms with Crippen molar-refractivity contribution in [2.45, 2.75) is 6.92 Å². The van der Waals surface area contributed by atoms with Crippen LogP contribution in [-0.2, 0) is 4.74 Å². The fraction of sp³-hybridized carbons (Fsp3) is 0.133. The first kappa shape index (κ1) is 16.5. The summed E-state index contributed by atoms with van der Waals surface area (Å²) in [5, 5.41) is 0. The number of benzene rings is 1. The zero-order chi connectivity index (χ0) is 14.7. The second kappa shape index (κ2) is 9.53. The molecule has 0 unspecified atom stereocenters. The zero-order valence-electron chi connectivity index (χ0n) is 11.1. The van der Waals surface area contributed by atoms with Gasteiger partial charge in [-0.25, -0.2) is 4.79 Å². The first-order valence-electron chi connectivity index (χ1n) is 5.77. The van der Waals surface area contributed by atoms with E-state index in [-0.39, 0.29) is 5.97 Å². The SMILES string of the molecule is C=C/C=C\C(=C)N.CCOC(=O)c1ccc(N)cc1. The fourth-order valence-corrected chi connectivity index (χ4v) is 1.03. The summed E-state index contributed by atoms with van der Waals surface area (Å²) in [7, 11) is 0.